The summed E-state index contributed by atoms with van der Waals surface area (Å²) >= 11 is 0. The average molecular weight is 430 g/mol. The van der Waals surface area contributed by atoms with E-state index in [1.807, 2.05) is 32.0 Å². The zero-order chi connectivity index (χ0) is 21.9. The monoisotopic (exact) mass is 429 g/mol. The minimum Gasteiger partial charge on any atom is -0.339 e. The second-order valence-corrected chi connectivity index (χ2v) is 9.41. The molecule has 7 nitrogen and oxygen atoms in total. The van der Waals surface area contributed by atoms with Crippen LogP contribution in [0.1, 0.15) is 41.3 Å². The Hall–Kier alpha value is -2.71. The summed E-state index contributed by atoms with van der Waals surface area (Å²) in [6.07, 6.45) is 1.11. The normalized spacial score (nSPS) is 15.1. The Morgan fingerprint density at radius 1 is 0.967 bits per heavy atom. The number of hydrogen-bond acceptors (Lipinski definition) is 4. The van der Waals surface area contributed by atoms with Crippen molar-refractivity contribution in [1.82, 2.24) is 9.62 Å². The average Bonchev–Trinajstić information content (AvgIpc) is 2.70. The van der Waals surface area contributed by atoms with Crippen LogP contribution in [0, 0.1) is 13.8 Å². The maximum Gasteiger partial charge on any atom is 0.253 e. The van der Waals surface area contributed by atoms with Crippen molar-refractivity contribution in [2.75, 3.05) is 18.4 Å². The third kappa shape index (κ3) is 5.25. The Labute approximate surface area is 177 Å². The summed E-state index contributed by atoms with van der Waals surface area (Å²) in [6.45, 7) is 6.38. The second kappa shape index (κ2) is 8.97. The molecule has 160 valence electrons. The molecule has 0 saturated carbocycles. The maximum atomic E-state index is 12.7. The van der Waals surface area contributed by atoms with Crippen molar-refractivity contribution in [3.05, 3.63) is 59.2 Å². The fourth-order valence-electron chi connectivity index (χ4n) is 3.47. The molecule has 1 aliphatic heterocycles. The third-order valence-electron chi connectivity index (χ3n) is 5.34. The summed E-state index contributed by atoms with van der Waals surface area (Å²) < 4.78 is 28.1. The number of carbonyl (C=O) groups is 2. The van der Waals surface area contributed by atoms with E-state index in [0.717, 1.165) is 11.1 Å². The third-order valence-corrected chi connectivity index (χ3v) is 6.88. The van der Waals surface area contributed by atoms with Gasteiger partial charge in [-0.15, -0.1) is 0 Å². The number of nitrogens with one attached hydrogen (secondary N) is 2. The van der Waals surface area contributed by atoms with E-state index in [9.17, 15) is 18.0 Å². The van der Waals surface area contributed by atoms with Gasteiger partial charge in [-0.3, -0.25) is 9.59 Å². The molecule has 2 aromatic rings. The Bertz CT molecular complexity index is 1040. The summed E-state index contributed by atoms with van der Waals surface area (Å²) in [5, 5.41) is 2.61. The molecule has 1 aliphatic rings. The molecule has 0 atom stereocenters. The van der Waals surface area contributed by atoms with E-state index in [1.54, 1.807) is 17.0 Å². The van der Waals surface area contributed by atoms with Crippen molar-refractivity contribution < 1.29 is 18.0 Å². The van der Waals surface area contributed by atoms with E-state index in [4.69, 9.17) is 0 Å². The molecule has 30 heavy (non-hydrogen) atoms. The molecule has 0 spiro atoms. The molecule has 0 bridgehead atoms. The van der Waals surface area contributed by atoms with E-state index in [1.165, 1.54) is 19.1 Å². The highest BCUT2D eigenvalue weighted by Crippen LogP contribution is 2.19. The highest BCUT2D eigenvalue weighted by atomic mass is 32.2. The molecule has 8 heteroatoms. The van der Waals surface area contributed by atoms with Crippen molar-refractivity contribution in [3.8, 4) is 0 Å². The van der Waals surface area contributed by atoms with E-state index in [2.05, 4.69) is 10.0 Å². The quantitative estimate of drug-likeness (QED) is 0.764. The minimum absolute atomic E-state index is 0.0204. The van der Waals surface area contributed by atoms with Gasteiger partial charge in [-0.2, -0.15) is 0 Å². The summed E-state index contributed by atoms with van der Waals surface area (Å²) in [6, 6.07) is 11.5. The lowest BCUT2D eigenvalue weighted by atomic mass is 10.0. The summed E-state index contributed by atoms with van der Waals surface area (Å²) in [5.41, 5.74) is 3.42. The molecule has 1 fully saturated rings. The minimum atomic E-state index is -3.67. The molecule has 0 aromatic heterocycles. The van der Waals surface area contributed by atoms with Gasteiger partial charge >= 0.3 is 0 Å². The lowest BCUT2D eigenvalue weighted by molar-refractivity contribution is -0.114. The zero-order valence-electron chi connectivity index (χ0n) is 17.4. The van der Waals surface area contributed by atoms with Gasteiger partial charge in [-0.1, -0.05) is 6.07 Å². The standard InChI is InChI=1S/C22H27N3O4S/c1-15-4-5-18(14-16(15)2)22(27)25-12-10-20(11-13-25)24-30(28,29)21-8-6-19(7-9-21)23-17(3)26/h4-9,14,20,24H,10-13H2,1-3H3,(H,23,26). The molecular weight excluding hydrogens is 402 g/mol. The molecule has 3 rings (SSSR count). The van der Waals surface area contributed by atoms with Crippen LogP contribution in [0.25, 0.3) is 0 Å². The van der Waals surface area contributed by atoms with Gasteiger partial charge < -0.3 is 10.2 Å². The fraction of sp³-hybridized carbons (Fsp3) is 0.364. The topological polar surface area (TPSA) is 95.6 Å². The van der Waals surface area contributed by atoms with Crippen LogP contribution in [0.5, 0.6) is 0 Å². The molecule has 0 aliphatic carbocycles. The van der Waals surface area contributed by atoms with Crippen molar-refractivity contribution in [1.29, 1.82) is 0 Å². The number of rotatable bonds is 5. The first-order chi connectivity index (χ1) is 14.2. The number of nitrogens with zero attached hydrogens (tertiary/aromatic N) is 1. The van der Waals surface area contributed by atoms with E-state index >= 15 is 0 Å². The molecule has 2 amide bonds. The Balaban J connectivity index is 1.58. The number of anilines is 1. The van der Waals surface area contributed by atoms with Gasteiger partial charge in [0.15, 0.2) is 0 Å². The van der Waals surface area contributed by atoms with Crippen LogP contribution in [0.2, 0.25) is 0 Å². The highest BCUT2D eigenvalue weighted by Gasteiger charge is 2.27. The fourth-order valence-corrected chi connectivity index (χ4v) is 4.77. The van der Waals surface area contributed by atoms with Crippen LogP contribution >= 0.6 is 0 Å². The van der Waals surface area contributed by atoms with Gasteiger partial charge in [0.25, 0.3) is 5.91 Å². The van der Waals surface area contributed by atoms with Crippen LogP contribution in [-0.4, -0.2) is 44.3 Å². The Morgan fingerprint density at radius 2 is 1.60 bits per heavy atom. The number of benzene rings is 2. The van der Waals surface area contributed by atoms with Crippen LogP contribution < -0.4 is 10.0 Å². The first-order valence-corrected chi connectivity index (χ1v) is 11.4. The van der Waals surface area contributed by atoms with Crippen molar-refractivity contribution in [3.63, 3.8) is 0 Å². The van der Waals surface area contributed by atoms with Crippen LogP contribution in [0.3, 0.4) is 0 Å². The van der Waals surface area contributed by atoms with E-state index < -0.39 is 10.0 Å². The van der Waals surface area contributed by atoms with E-state index in [0.29, 0.717) is 37.2 Å². The van der Waals surface area contributed by atoms with Gasteiger partial charge in [0.05, 0.1) is 4.90 Å². The molecule has 2 N–H and O–H groups in total. The van der Waals surface area contributed by atoms with Crippen LogP contribution in [0.15, 0.2) is 47.4 Å². The van der Waals surface area contributed by atoms with E-state index in [-0.39, 0.29) is 22.8 Å². The number of sulfonamides is 1. The summed E-state index contributed by atoms with van der Waals surface area (Å²) in [7, 11) is -3.67. The lowest BCUT2D eigenvalue weighted by Gasteiger charge is -2.32. The summed E-state index contributed by atoms with van der Waals surface area (Å²) in [5.74, 6) is -0.237. The van der Waals surface area contributed by atoms with Crippen molar-refractivity contribution in [2.24, 2.45) is 0 Å². The van der Waals surface area contributed by atoms with Gasteiger partial charge in [0.2, 0.25) is 15.9 Å². The number of aryl methyl sites for hydroxylation is 2. The Morgan fingerprint density at radius 3 is 2.17 bits per heavy atom. The molecule has 0 radical (unpaired) electrons. The number of piperidine rings is 1. The molecule has 2 aromatic carbocycles. The van der Waals surface area contributed by atoms with Gasteiger partial charge in [-0.25, -0.2) is 13.1 Å². The molecule has 1 saturated heterocycles. The molecule has 1 heterocycles. The number of hydrogen-bond donors (Lipinski definition) is 2. The predicted octanol–water partition coefficient (Wildman–Crippen LogP) is 2.84. The molecular formula is C22H27N3O4S. The highest BCUT2D eigenvalue weighted by molar-refractivity contribution is 7.89. The first-order valence-electron chi connectivity index (χ1n) is 9.92. The lowest BCUT2D eigenvalue weighted by Crippen LogP contribution is -2.46. The number of amides is 2. The van der Waals surface area contributed by atoms with Gasteiger partial charge in [-0.05, 0) is 74.2 Å². The predicted molar refractivity (Wildman–Crippen MR) is 116 cm³/mol. The second-order valence-electron chi connectivity index (χ2n) is 7.69. The molecule has 0 unspecified atom stereocenters. The smallest absolute Gasteiger partial charge is 0.253 e. The zero-order valence-corrected chi connectivity index (χ0v) is 18.3. The number of likely N-dealkylation sites (tertiary alicyclic amines) is 1. The van der Waals surface area contributed by atoms with Gasteiger partial charge in [0.1, 0.15) is 0 Å². The van der Waals surface area contributed by atoms with Crippen LogP contribution in [-0.2, 0) is 14.8 Å². The first kappa shape index (κ1) is 22.0. The van der Waals surface area contributed by atoms with Crippen LogP contribution in [0.4, 0.5) is 5.69 Å². The number of carbonyl (C=O) groups excluding carboxylic acids is 2. The van der Waals surface area contributed by atoms with Gasteiger partial charge in [0, 0.05) is 37.3 Å². The van der Waals surface area contributed by atoms with Crippen molar-refractivity contribution in [2.45, 2.75) is 44.6 Å². The largest absolute Gasteiger partial charge is 0.339 e. The summed E-state index contributed by atoms with van der Waals surface area (Å²) in [4.78, 5) is 25.7. The van der Waals surface area contributed by atoms with Crippen molar-refractivity contribution >= 4 is 27.5 Å². The Kier molecular flexibility index (Phi) is 6.58. The SMILES string of the molecule is CC(=O)Nc1ccc(S(=O)(=O)NC2CCN(C(=O)c3ccc(C)c(C)c3)CC2)cc1. The maximum absolute atomic E-state index is 12.7.